The van der Waals surface area contributed by atoms with E-state index >= 15 is 0 Å². The molecule has 3 heteroatoms. The van der Waals surface area contributed by atoms with Crippen LogP contribution in [0.1, 0.15) is 25.1 Å². The van der Waals surface area contributed by atoms with E-state index in [1.54, 1.807) is 6.33 Å². The number of hydrogen-bond donors (Lipinski definition) is 0. The zero-order valence-corrected chi connectivity index (χ0v) is 5.82. The van der Waals surface area contributed by atoms with Gasteiger partial charge in [-0.1, -0.05) is 6.42 Å². The van der Waals surface area contributed by atoms with Crippen molar-refractivity contribution in [2.75, 3.05) is 0 Å². The van der Waals surface area contributed by atoms with Gasteiger partial charge in [-0.3, -0.25) is 0 Å². The summed E-state index contributed by atoms with van der Waals surface area (Å²) in [5, 5.41) is 7.83. The lowest BCUT2D eigenvalue weighted by Gasteiger charge is -1.96. The number of aromatic nitrogens is 3. The quantitative estimate of drug-likeness (QED) is 0.533. The van der Waals surface area contributed by atoms with Crippen LogP contribution in [-0.2, 0) is 6.42 Å². The maximum absolute atomic E-state index is 4.00. The van der Waals surface area contributed by atoms with E-state index in [1.807, 2.05) is 4.57 Å². The highest BCUT2D eigenvalue weighted by molar-refractivity contribution is 4.93. The van der Waals surface area contributed by atoms with E-state index in [1.165, 1.54) is 12.8 Å². The maximum Gasteiger partial charge on any atom is 0.133 e. The summed E-state index contributed by atoms with van der Waals surface area (Å²) in [4.78, 5) is 0. The predicted molar refractivity (Wildman–Crippen MR) is 37.3 cm³/mol. The Hall–Kier alpha value is -0.860. The molecular formula is C7H10N3. The van der Waals surface area contributed by atoms with E-state index in [9.17, 15) is 0 Å². The molecule has 2 rings (SSSR count). The van der Waals surface area contributed by atoms with Crippen LogP contribution in [0.15, 0.2) is 6.33 Å². The standard InChI is InChI=1S/C7H10N3/c1-2-4-7-9-8-6-10(7)5-3-1/h5-6H,1-4H2. The molecule has 1 aromatic heterocycles. The first-order chi connectivity index (χ1) is 4.97. The summed E-state index contributed by atoms with van der Waals surface area (Å²) in [6.45, 7) is 2.16. The first kappa shape index (κ1) is 5.89. The predicted octanol–water partition coefficient (Wildman–Crippen LogP) is 1.01. The summed E-state index contributed by atoms with van der Waals surface area (Å²) < 4.78 is 2.03. The van der Waals surface area contributed by atoms with Gasteiger partial charge in [0.25, 0.3) is 0 Å². The van der Waals surface area contributed by atoms with Crippen molar-refractivity contribution in [3.8, 4) is 0 Å². The van der Waals surface area contributed by atoms with Crippen LogP contribution in [0.3, 0.4) is 0 Å². The zero-order chi connectivity index (χ0) is 6.81. The summed E-state index contributed by atoms with van der Waals surface area (Å²) in [7, 11) is 0. The molecule has 0 N–H and O–H groups in total. The first-order valence-corrected chi connectivity index (χ1v) is 3.68. The van der Waals surface area contributed by atoms with Crippen molar-refractivity contribution in [3.05, 3.63) is 18.7 Å². The first-order valence-electron chi connectivity index (χ1n) is 3.68. The molecule has 0 unspecified atom stereocenters. The van der Waals surface area contributed by atoms with Gasteiger partial charge < -0.3 is 4.57 Å². The van der Waals surface area contributed by atoms with E-state index in [0.29, 0.717) is 0 Å². The van der Waals surface area contributed by atoms with E-state index in [4.69, 9.17) is 0 Å². The molecule has 2 heterocycles. The molecule has 0 saturated heterocycles. The summed E-state index contributed by atoms with van der Waals surface area (Å²) in [6, 6.07) is 0. The number of hydrogen-bond acceptors (Lipinski definition) is 2. The molecule has 0 amide bonds. The Morgan fingerprint density at radius 2 is 2.40 bits per heavy atom. The molecule has 53 valence electrons. The van der Waals surface area contributed by atoms with Crippen LogP contribution in [0.2, 0.25) is 0 Å². The third-order valence-electron chi connectivity index (χ3n) is 1.83. The molecule has 0 atom stereocenters. The molecule has 1 radical (unpaired) electrons. The normalized spacial score (nSPS) is 18.0. The van der Waals surface area contributed by atoms with Crippen LogP contribution in [0.5, 0.6) is 0 Å². The van der Waals surface area contributed by atoms with Gasteiger partial charge >= 0.3 is 0 Å². The Kier molecular flexibility index (Phi) is 1.42. The maximum atomic E-state index is 4.00. The minimum Gasteiger partial charge on any atom is -0.312 e. The molecule has 1 aliphatic rings. The van der Waals surface area contributed by atoms with Gasteiger partial charge in [-0.15, -0.1) is 10.2 Å². The van der Waals surface area contributed by atoms with Crippen molar-refractivity contribution in [2.45, 2.75) is 25.7 Å². The van der Waals surface area contributed by atoms with Gasteiger partial charge in [-0.05, 0) is 12.8 Å². The monoisotopic (exact) mass is 136 g/mol. The second-order valence-corrected chi connectivity index (χ2v) is 2.58. The molecule has 0 bridgehead atoms. The summed E-state index contributed by atoms with van der Waals surface area (Å²) in [6.07, 6.45) is 6.54. The lowest BCUT2D eigenvalue weighted by Crippen LogP contribution is -1.96. The fourth-order valence-electron chi connectivity index (χ4n) is 1.26. The fraction of sp³-hybridized carbons (Fsp3) is 0.571. The lowest BCUT2D eigenvalue weighted by molar-refractivity contribution is 0.739. The minimum absolute atomic E-state index is 1.08. The largest absolute Gasteiger partial charge is 0.312 e. The van der Waals surface area contributed by atoms with Gasteiger partial charge in [0.1, 0.15) is 12.2 Å². The number of aryl methyl sites for hydroxylation is 1. The van der Waals surface area contributed by atoms with E-state index < -0.39 is 0 Å². The van der Waals surface area contributed by atoms with E-state index in [0.717, 1.165) is 18.7 Å². The van der Waals surface area contributed by atoms with Gasteiger partial charge in [-0.2, -0.15) is 0 Å². The average molecular weight is 136 g/mol. The number of rotatable bonds is 0. The van der Waals surface area contributed by atoms with Gasteiger partial charge in [0.15, 0.2) is 0 Å². The van der Waals surface area contributed by atoms with Crippen LogP contribution >= 0.6 is 0 Å². The van der Waals surface area contributed by atoms with Crippen molar-refractivity contribution in [1.82, 2.24) is 14.8 Å². The zero-order valence-electron chi connectivity index (χ0n) is 5.82. The highest BCUT2D eigenvalue weighted by Gasteiger charge is 2.07. The summed E-state index contributed by atoms with van der Waals surface area (Å²) in [5.74, 6) is 1.11. The fourth-order valence-corrected chi connectivity index (χ4v) is 1.26. The molecular weight excluding hydrogens is 126 g/mol. The second kappa shape index (κ2) is 2.40. The molecule has 1 aromatic rings. The third-order valence-corrected chi connectivity index (χ3v) is 1.83. The van der Waals surface area contributed by atoms with Crippen molar-refractivity contribution in [2.24, 2.45) is 0 Å². The summed E-state index contributed by atoms with van der Waals surface area (Å²) >= 11 is 0. The Bertz CT molecular complexity index is 196. The van der Waals surface area contributed by atoms with Crippen LogP contribution in [0.25, 0.3) is 0 Å². The molecule has 3 nitrogen and oxygen atoms in total. The van der Waals surface area contributed by atoms with Crippen molar-refractivity contribution in [1.29, 1.82) is 0 Å². The SMILES string of the molecule is [CH]1CCCCc2nncn21. The van der Waals surface area contributed by atoms with Crippen molar-refractivity contribution >= 4 is 0 Å². The van der Waals surface area contributed by atoms with Crippen LogP contribution in [0, 0.1) is 6.54 Å². The molecule has 10 heavy (non-hydrogen) atoms. The highest BCUT2D eigenvalue weighted by Crippen LogP contribution is 2.12. The summed E-state index contributed by atoms with van der Waals surface area (Å²) in [5.41, 5.74) is 0. The van der Waals surface area contributed by atoms with Gasteiger partial charge in [0.05, 0.1) is 6.54 Å². The van der Waals surface area contributed by atoms with Crippen LogP contribution in [0.4, 0.5) is 0 Å². The third kappa shape index (κ3) is 0.916. The second-order valence-electron chi connectivity index (χ2n) is 2.58. The van der Waals surface area contributed by atoms with E-state index in [2.05, 4.69) is 16.7 Å². The van der Waals surface area contributed by atoms with Gasteiger partial charge in [-0.25, -0.2) is 0 Å². The van der Waals surface area contributed by atoms with E-state index in [-0.39, 0.29) is 0 Å². The van der Waals surface area contributed by atoms with Crippen molar-refractivity contribution < 1.29 is 0 Å². The van der Waals surface area contributed by atoms with Crippen LogP contribution in [-0.4, -0.2) is 14.8 Å². The molecule has 0 spiro atoms. The van der Waals surface area contributed by atoms with Gasteiger partial charge in [0, 0.05) is 6.42 Å². The Balaban J connectivity index is 2.28. The minimum atomic E-state index is 1.08. The topological polar surface area (TPSA) is 30.7 Å². The Labute approximate surface area is 60.1 Å². The smallest absolute Gasteiger partial charge is 0.133 e. The Morgan fingerprint density at radius 3 is 3.40 bits per heavy atom. The molecule has 0 aromatic carbocycles. The average Bonchev–Trinajstić information content (AvgIpc) is 2.28. The number of fused-ring (bicyclic) bond motifs is 1. The lowest BCUT2D eigenvalue weighted by atomic mass is 10.2. The molecule has 0 aliphatic carbocycles. The van der Waals surface area contributed by atoms with Crippen molar-refractivity contribution in [3.63, 3.8) is 0 Å². The van der Waals surface area contributed by atoms with Crippen LogP contribution < -0.4 is 0 Å². The Morgan fingerprint density at radius 1 is 1.40 bits per heavy atom. The number of nitrogens with zero attached hydrogens (tertiary/aromatic N) is 3. The molecule has 1 aliphatic heterocycles. The van der Waals surface area contributed by atoms with Gasteiger partial charge in [0.2, 0.25) is 0 Å². The molecule has 0 saturated carbocycles. The molecule has 0 fully saturated rings. The highest BCUT2D eigenvalue weighted by atomic mass is 15.3.